The molecule has 2 aromatic carbocycles. The van der Waals surface area contributed by atoms with Gasteiger partial charge in [-0.15, -0.1) is 0 Å². The predicted octanol–water partition coefficient (Wildman–Crippen LogP) is 6.41. The van der Waals surface area contributed by atoms with Gasteiger partial charge in [0, 0.05) is 70.2 Å². The first-order chi connectivity index (χ1) is 25.3. The molecule has 12 nitrogen and oxygen atoms in total. The third kappa shape index (κ3) is 4.50. The molecule has 52 heavy (non-hydrogen) atoms. The van der Waals surface area contributed by atoms with Crippen LogP contribution in [0.15, 0.2) is 92.3 Å². The zero-order chi connectivity index (χ0) is 35.2. The average molecular weight is 683 g/mol. The van der Waals surface area contributed by atoms with E-state index in [1.165, 1.54) is 12.7 Å². The van der Waals surface area contributed by atoms with E-state index in [1.807, 2.05) is 30.6 Å². The topological polar surface area (TPSA) is 177 Å². The third-order valence-electron chi connectivity index (χ3n) is 10.4. The van der Waals surface area contributed by atoms with E-state index in [2.05, 4.69) is 85.4 Å². The van der Waals surface area contributed by atoms with Crippen LogP contribution in [0, 0.1) is 0 Å². The van der Waals surface area contributed by atoms with Crippen LogP contribution >= 0.6 is 0 Å². The summed E-state index contributed by atoms with van der Waals surface area (Å²) in [6, 6.07) is 18.6. The fraction of sp³-hybridized carbons (Fsp3) is 0.150. The van der Waals surface area contributed by atoms with Crippen molar-refractivity contribution in [1.82, 2.24) is 39.0 Å². The Kier molecular flexibility index (Phi) is 6.49. The van der Waals surface area contributed by atoms with Gasteiger partial charge < -0.3 is 31.7 Å². The Labute approximate surface area is 297 Å². The van der Waals surface area contributed by atoms with E-state index in [0.717, 1.165) is 94.3 Å². The lowest BCUT2D eigenvalue weighted by atomic mass is 9.94. The summed E-state index contributed by atoms with van der Waals surface area (Å²) in [5, 5.41) is 7.44. The number of nitrogens with zero attached hydrogens (tertiary/aromatic N) is 8. The number of rotatable bonds is 4. The van der Waals surface area contributed by atoms with E-state index < -0.39 is 0 Å². The lowest BCUT2D eigenvalue weighted by Crippen LogP contribution is -2.31. The first kappa shape index (κ1) is 30.2. The Morgan fingerprint density at radius 1 is 0.731 bits per heavy atom. The summed E-state index contributed by atoms with van der Waals surface area (Å²) in [5.74, 6) is 0.872. The monoisotopic (exact) mass is 682 g/mol. The SMILES string of the molecule is C=C1C[C@H](N)Cn2c1c(-c1cnc3cc(N[C@H]4C=C(C)c5c(-c6cnc7ccccc7c6)c6c(N)ncnc6n5C4)ccc3c1)c1c(N)ncnc12. The number of nitrogen functional groups attached to an aromatic ring is 2. The van der Waals surface area contributed by atoms with Gasteiger partial charge in [-0.05, 0) is 54.8 Å². The quantitative estimate of drug-likeness (QED) is 0.162. The molecule has 0 saturated heterocycles. The van der Waals surface area contributed by atoms with Gasteiger partial charge in [-0.3, -0.25) is 9.97 Å². The van der Waals surface area contributed by atoms with Gasteiger partial charge in [0.05, 0.1) is 39.2 Å². The molecular formula is C40H34N12. The second kappa shape index (κ2) is 11.2. The Bertz CT molecular complexity index is 2840. The molecule has 0 fully saturated rings. The molecule has 0 radical (unpaired) electrons. The minimum Gasteiger partial charge on any atom is -0.383 e. The summed E-state index contributed by atoms with van der Waals surface area (Å²) in [7, 11) is 0. The van der Waals surface area contributed by atoms with Crippen LogP contribution in [-0.4, -0.2) is 51.1 Å². The van der Waals surface area contributed by atoms with Gasteiger partial charge in [-0.1, -0.05) is 36.9 Å². The van der Waals surface area contributed by atoms with E-state index >= 15 is 0 Å². The molecule has 0 spiro atoms. The molecule has 0 saturated carbocycles. The number of fused-ring (bicyclic) bond motifs is 8. The van der Waals surface area contributed by atoms with E-state index in [1.54, 1.807) is 0 Å². The summed E-state index contributed by atoms with van der Waals surface area (Å²) in [5.41, 5.74) is 31.7. The molecule has 0 bridgehead atoms. The molecule has 12 heteroatoms. The maximum Gasteiger partial charge on any atom is 0.146 e. The van der Waals surface area contributed by atoms with E-state index in [4.69, 9.17) is 32.2 Å². The van der Waals surface area contributed by atoms with Crippen molar-refractivity contribution < 1.29 is 0 Å². The van der Waals surface area contributed by atoms with Gasteiger partial charge in [-0.2, -0.15) is 0 Å². The summed E-state index contributed by atoms with van der Waals surface area (Å²) in [6.45, 7) is 7.79. The van der Waals surface area contributed by atoms with Crippen molar-refractivity contribution in [2.75, 3.05) is 16.8 Å². The van der Waals surface area contributed by atoms with Gasteiger partial charge in [-0.25, -0.2) is 19.9 Å². The first-order valence-corrected chi connectivity index (χ1v) is 17.2. The maximum atomic E-state index is 6.55. The highest BCUT2D eigenvalue weighted by molar-refractivity contribution is 6.08. The number of nitrogens with one attached hydrogen (secondary N) is 1. The maximum absolute atomic E-state index is 6.55. The van der Waals surface area contributed by atoms with E-state index in [-0.39, 0.29) is 12.1 Å². The van der Waals surface area contributed by atoms with Gasteiger partial charge in [0.25, 0.3) is 0 Å². The largest absolute Gasteiger partial charge is 0.383 e. The molecule has 8 aromatic rings. The van der Waals surface area contributed by atoms with Gasteiger partial charge in [0.2, 0.25) is 0 Å². The molecule has 2 atom stereocenters. The Morgan fingerprint density at radius 3 is 2.10 bits per heavy atom. The molecule has 0 amide bonds. The van der Waals surface area contributed by atoms with Crippen molar-refractivity contribution in [3.63, 3.8) is 0 Å². The standard InChI is InChI=1S/C40H34N12/c1-20-9-26(41)16-51-35(20)31(33-37(42)46-18-48-39(33)51)25-12-23-7-8-27(13-30(23)45-15-25)50-28-10-21(2)36-32(24-11-22-5-3-4-6-29(22)44-14-24)34-38(43)47-19-49-40(34)52(36)17-28/h3-8,10-15,18-19,26,28,50H,1,9,16-17,41H2,2H3,(H2,42,46,48)(H2,43,47,49)/t26-,28-/m0/s1. The van der Waals surface area contributed by atoms with Crippen LogP contribution in [0.1, 0.15) is 24.7 Å². The van der Waals surface area contributed by atoms with E-state index in [9.17, 15) is 0 Å². The predicted molar refractivity (Wildman–Crippen MR) is 208 cm³/mol. The summed E-state index contributed by atoms with van der Waals surface area (Å²) in [6.07, 6.45) is 9.81. The molecule has 254 valence electrons. The minimum atomic E-state index is -0.0405. The van der Waals surface area contributed by atoms with Crippen molar-refractivity contribution in [3.05, 3.63) is 104 Å². The molecular weight excluding hydrogens is 649 g/mol. The number of pyridine rings is 2. The normalized spacial score (nSPS) is 17.1. The summed E-state index contributed by atoms with van der Waals surface area (Å²) >= 11 is 0. The molecule has 8 heterocycles. The summed E-state index contributed by atoms with van der Waals surface area (Å²) < 4.78 is 4.37. The molecule has 0 aliphatic carbocycles. The Morgan fingerprint density at radius 2 is 1.37 bits per heavy atom. The molecule has 10 rings (SSSR count). The Hall–Kier alpha value is -6.66. The first-order valence-electron chi connectivity index (χ1n) is 17.2. The van der Waals surface area contributed by atoms with Gasteiger partial charge in [0.1, 0.15) is 35.6 Å². The average Bonchev–Trinajstić information content (AvgIpc) is 3.66. The van der Waals surface area contributed by atoms with Crippen LogP contribution in [0.3, 0.4) is 0 Å². The fourth-order valence-corrected chi connectivity index (χ4v) is 8.28. The number of hydrogen-bond acceptors (Lipinski definition) is 10. The fourth-order valence-electron chi connectivity index (χ4n) is 8.28. The second-order valence-corrected chi connectivity index (χ2v) is 13.8. The lowest BCUT2D eigenvalue weighted by Gasteiger charge is -2.26. The number of benzene rings is 2. The minimum absolute atomic E-state index is 0.0156. The number of anilines is 3. The third-order valence-corrected chi connectivity index (χ3v) is 10.4. The number of nitrogens with two attached hydrogens (primary N) is 3. The molecule has 7 N–H and O–H groups in total. The van der Waals surface area contributed by atoms with Crippen molar-refractivity contribution in [2.45, 2.75) is 38.5 Å². The smallest absolute Gasteiger partial charge is 0.146 e. The molecule has 6 aromatic heterocycles. The number of allylic oxidation sites excluding steroid dienone is 1. The highest BCUT2D eigenvalue weighted by Gasteiger charge is 2.30. The lowest BCUT2D eigenvalue weighted by molar-refractivity contribution is 0.543. The Balaban J connectivity index is 1.01. The zero-order valence-corrected chi connectivity index (χ0v) is 28.4. The van der Waals surface area contributed by atoms with Crippen molar-refractivity contribution in [2.24, 2.45) is 5.73 Å². The van der Waals surface area contributed by atoms with Crippen LogP contribution in [-0.2, 0) is 13.1 Å². The van der Waals surface area contributed by atoms with Gasteiger partial charge in [0.15, 0.2) is 0 Å². The number of hydrogen-bond donors (Lipinski definition) is 4. The van der Waals surface area contributed by atoms with Crippen LogP contribution in [0.2, 0.25) is 0 Å². The van der Waals surface area contributed by atoms with Crippen molar-refractivity contribution in [1.29, 1.82) is 0 Å². The van der Waals surface area contributed by atoms with Crippen LogP contribution < -0.4 is 22.5 Å². The van der Waals surface area contributed by atoms with Gasteiger partial charge >= 0.3 is 0 Å². The molecule has 2 aliphatic rings. The van der Waals surface area contributed by atoms with Crippen molar-refractivity contribution in [3.8, 4) is 22.3 Å². The highest BCUT2D eigenvalue weighted by atomic mass is 15.1. The van der Waals surface area contributed by atoms with Crippen molar-refractivity contribution >= 4 is 72.3 Å². The molecule has 0 unspecified atom stereocenters. The molecule has 2 aliphatic heterocycles. The van der Waals surface area contributed by atoms with E-state index in [0.29, 0.717) is 31.1 Å². The van der Waals surface area contributed by atoms with Crippen LogP contribution in [0.4, 0.5) is 17.3 Å². The number of para-hydroxylation sites is 1. The summed E-state index contributed by atoms with van der Waals surface area (Å²) in [4.78, 5) is 27.7. The highest BCUT2D eigenvalue weighted by Crippen LogP contribution is 2.44. The number of aromatic nitrogens is 8. The van der Waals surface area contributed by atoms with Crippen LogP contribution in [0.5, 0.6) is 0 Å². The second-order valence-electron chi connectivity index (χ2n) is 13.8. The van der Waals surface area contributed by atoms with Crippen LogP contribution in [0.25, 0.3) is 77.3 Å². The zero-order valence-electron chi connectivity index (χ0n) is 28.4.